The first kappa shape index (κ1) is 16.9. The summed E-state index contributed by atoms with van der Waals surface area (Å²) in [5.41, 5.74) is 6.17. The molecule has 0 spiro atoms. The van der Waals surface area contributed by atoms with Crippen LogP contribution in [0.3, 0.4) is 0 Å². The summed E-state index contributed by atoms with van der Waals surface area (Å²) in [5, 5.41) is 11.1. The van der Waals surface area contributed by atoms with Crippen LogP contribution in [0.15, 0.2) is 42.5 Å². The Kier molecular flexibility index (Phi) is 4.65. The van der Waals surface area contributed by atoms with Gasteiger partial charge in [0.15, 0.2) is 5.69 Å². The molecular formula is C20H22N4O. The van der Waals surface area contributed by atoms with Crippen LogP contribution in [0.5, 0.6) is 0 Å². The van der Waals surface area contributed by atoms with Crippen molar-refractivity contribution < 1.29 is 4.79 Å². The number of anilines is 1. The number of rotatable bonds is 4. The molecule has 0 fully saturated rings. The van der Waals surface area contributed by atoms with E-state index >= 15 is 0 Å². The molecule has 0 saturated carbocycles. The molecular weight excluding hydrogens is 312 g/mol. The van der Waals surface area contributed by atoms with Gasteiger partial charge in [-0.25, -0.2) is 4.68 Å². The van der Waals surface area contributed by atoms with Gasteiger partial charge in [-0.3, -0.25) is 4.79 Å². The molecule has 0 radical (unpaired) electrons. The molecule has 1 amide bonds. The van der Waals surface area contributed by atoms with Crippen LogP contribution in [0.25, 0.3) is 5.69 Å². The van der Waals surface area contributed by atoms with Gasteiger partial charge in [0.05, 0.1) is 11.4 Å². The van der Waals surface area contributed by atoms with Crippen LogP contribution >= 0.6 is 0 Å². The van der Waals surface area contributed by atoms with Gasteiger partial charge in [0.1, 0.15) is 0 Å². The Bertz CT molecular complexity index is 910. The third kappa shape index (κ3) is 3.45. The zero-order valence-corrected chi connectivity index (χ0v) is 15.0. The van der Waals surface area contributed by atoms with E-state index in [4.69, 9.17) is 0 Å². The predicted molar refractivity (Wildman–Crippen MR) is 99.3 cm³/mol. The Morgan fingerprint density at radius 1 is 1.08 bits per heavy atom. The monoisotopic (exact) mass is 334 g/mol. The van der Waals surface area contributed by atoms with Gasteiger partial charge < -0.3 is 5.32 Å². The zero-order valence-electron chi connectivity index (χ0n) is 15.0. The van der Waals surface area contributed by atoms with Gasteiger partial charge in [0.2, 0.25) is 0 Å². The maximum Gasteiger partial charge on any atom is 0.278 e. The fourth-order valence-corrected chi connectivity index (χ4v) is 2.79. The molecule has 0 saturated heterocycles. The molecule has 0 bridgehead atoms. The Morgan fingerprint density at radius 3 is 2.44 bits per heavy atom. The Labute approximate surface area is 147 Å². The Morgan fingerprint density at radius 2 is 1.80 bits per heavy atom. The standard InChI is InChI=1S/C20H22N4O/c1-5-16-7-9-17(10-8-16)24-15(4)19(22-23-24)20(25)21-18-11-6-13(2)12-14(18)3/h6-12H,5H2,1-4H3,(H,21,25). The second-order valence-electron chi connectivity index (χ2n) is 6.23. The lowest BCUT2D eigenvalue weighted by Gasteiger charge is -2.08. The molecule has 0 aliphatic heterocycles. The minimum atomic E-state index is -0.249. The SMILES string of the molecule is CCc1ccc(-n2nnc(C(=O)Nc3ccc(C)cc3C)c2C)cc1. The molecule has 25 heavy (non-hydrogen) atoms. The van der Waals surface area contributed by atoms with Gasteiger partial charge in [-0.1, -0.05) is 42.0 Å². The molecule has 0 aliphatic rings. The summed E-state index contributed by atoms with van der Waals surface area (Å²) in [6.45, 7) is 7.97. The maximum atomic E-state index is 12.6. The molecule has 0 aliphatic carbocycles. The van der Waals surface area contributed by atoms with E-state index in [9.17, 15) is 4.79 Å². The Balaban J connectivity index is 1.85. The van der Waals surface area contributed by atoms with Crippen molar-refractivity contribution in [2.45, 2.75) is 34.1 Å². The van der Waals surface area contributed by atoms with Crippen LogP contribution in [0.2, 0.25) is 0 Å². The van der Waals surface area contributed by atoms with Crippen molar-refractivity contribution in [1.29, 1.82) is 0 Å². The van der Waals surface area contributed by atoms with E-state index in [1.54, 1.807) is 4.68 Å². The fraction of sp³-hybridized carbons (Fsp3) is 0.250. The van der Waals surface area contributed by atoms with Crippen molar-refractivity contribution in [3.63, 3.8) is 0 Å². The van der Waals surface area contributed by atoms with Crippen LogP contribution in [-0.4, -0.2) is 20.9 Å². The summed E-state index contributed by atoms with van der Waals surface area (Å²) in [4.78, 5) is 12.6. The van der Waals surface area contributed by atoms with Gasteiger partial charge in [0.25, 0.3) is 5.91 Å². The lowest BCUT2D eigenvalue weighted by Crippen LogP contribution is -2.15. The van der Waals surface area contributed by atoms with Crippen molar-refractivity contribution in [3.05, 3.63) is 70.5 Å². The number of carbonyl (C=O) groups excluding carboxylic acids is 1. The highest BCUT2D eigenvalue weighted by atomic mass is 16.2. The number of nitrogens with zero attached hydrogens (tertiary/aromatic N) is 3. The average Bonchev–Trinajstić information content (AvgIpc) is 2.99. The smallest absolute Gasteiger partial charge is 0.278 e. The number of hydrogen-bond acceptors (Lipinski definition) is 3. The largest absolute Gasteiger partial charge is 0.320 e. The van der Waals surface area contributed by atoms with Gasteiger partial charge in [-0.15, -0.1) is 5.10 Å². The molecule has 0 unspecified atom stereocenters. The van der Waals surface area contributed by atoms with Crippen LogP contribution < -0.4 is 5.32 Å². The molecule has 1 heterocycles. The number of aromatic nitrogens is 3. The van der Waals surface area contributed by atoms with Gasteiger partial charge in [0, 0.05) is 5.69 Å². The van der Waals surface area contributed by atoms with E-state index in [0.29, 0.717) is 11.4 Å². The van der Waals surface area contributed by atoms with E-state index in [2.05, 4.69) is 34.7 Å². The summed E-state index contributed by atoms with van der Waals surface area (Å²) in [7, 11) is 0. The number of amides is 1. The van der Waals surface area contributed by atoms with Crippen molar-refractivity contribution in [3.8, 4) is 5.69 Å². The molecule has 1 N–H and O–H groups in total. The van der Waals surface area contributed by atoms with Crippen LogP contribution in [0.1, 0.15) is 39.8 Å². The lowest BCUT2D eigenvalue weighted by atomic mass is 10.1. The van der Waals surface area contributed by atoms with Crippen LogP contribution in [-0.2, 0) is 6.42 Å². The first-order chi connectivity index (χ1) is 12.0. The highest BCUT2D eigenvalue weighted by Crippen LogP contribution is 2.18. The van der Waals surface area contributed by atoms with Crippen molar-refractivity contribution in [2.24, 2.45) is 0 Å². The molecule has 5 heteroatoms. The number of aryl methyl sites for hydroxylation is 3. The summed E-state index contributed by atoms with van der Waals surface area (Å²) >= 11 is 0. The van der Waals surface area contributed by atoms with E-state index < -0.39 is 0 Å². The van der Waals surface area contributed by atoms with Crippen molar-refractivity contribution in [2.75, 3.05) is 5.32 Å². The lowest BCUT2D eigenvalue weighted by molar-refractivity contribution is 0.102. The zero-order chi connectivity index (χ0) is 18.0. The quantitative estimate of drug-likeness (QED) is 0.784. The second-order valence-corrected chi connectivity index (χ2v) is 6.23. The van der Waals surface area contributed by atoms with Crippen LogP contribution in [0.4, 0.5) is 5.69 Å². The van der Waals surface area contributed by atoms with Crippen molar-refractivity contribution in [1.82, 2.24) is 15.0 Å². The highest BCUT2D eigenvalue weighted by molar-refractivity contribution is 6.04. The molecule has 3 rings (SSSR count). The predicted octanol–water partition coefficient (Wildman–Crippen LogP) is 4.01. The van der Waals surface area contributed by atoms with E-state index in [1.165, 1.54) is 5.56 Å². The van der Waals surface area contributed by atoms with E-state index in [1.807, 2.05) is 51.1 Å². The molecule has 3 aromatic rings. The topological polar surface area (TPSA) is 59.8 Å². The third-order valence-corrected chi connectivity index (χ3v) is 4.33. The average molecular weight is 334 g/mol. The number of hydrogen-bond donors (Lipinski definition) is 1. The minimum Gasteiger partial charge on any atom is -0.320 e. The molecule has 5 nitrogen and oxygen atoms in total. The summed E-state index contributed by atoms with van der Waals surface area (Å²) in [6.07, 6.45) is 0.986. The summed E-state index contributed by atoms with van der Waals surface area (Å²) < 4.78 is 1.69. The number of carbonyl (C=O) groups is 1. The number of benzene rings is 2. The molecule has 0 atom stereocenters. The molecule has 1 aromatic heterocycles. The highest BCUT2D eigenvalue weighted by Gasteiger charge is 2.18. The maximum absolute atomic E-state index is 12.6. The third-order valence-electron chi connectivity index (χ3n) is 4.33. The van der Waals surface area contributed by atoms with Crippen LogP contribution in [0, 0.1) is 20.8 Å². The molecule has 128 valence electrons. The fourth-order valence-electron chi connectivity index (χ4n) is 2.79. The van der Waals surface area contributed by atoms with Gasteiger partial charge in [-0.2, -0.15) is 0 Å². The molecule has 2 aromatic carbocycles. The van der Waals surface area contributed by atoms with E-state index in [0.717, 1.165) is 28.9 Å². The van der Waals surface area contributed by atoms with Gasteiger partial charge in [-0.05, 0) is 56.5 Å². The second kappa shape index (κ2) is 6.89. The van der Waals surface area contributed by atoms with E-state index in [-0.39, 0.29) is 5.91 Å². The summed E-state index contributed by atoms with van der Waals surface area (Å²) in [5.74, 6) is -0.249. The van der Waals surface area contributed by atoms with Crippen molar-refractivity contribution >= 4 is 11.6 Å². The first-order valence-corrected chi connectivity index (χ1v) is 8.40. The summed E-state index contributed by atoms with van der Waals surface area (Å²) in [6, 6.07) is 14.0. The Hall–Kier alpha value is -2.95. The normalized spacial score (nSPS) is 10.7. The van der Waals surface area contributed by atoms with Gasteiger partial charge >= 0.3 is 0 Å². The number of nitrogens with one attached hydrogen (secondary N) is 1. The minimum absolute atomic E-state index is 0.249. The first-order valence-electron chi connectivity index (χ1n) is 8.40.